The quantitative estimate of drug-likeness (QED) is 0.680. The highest BCUT2D eigenvalue weighted by molar-refractivity contribution is 5.25. The fraction of sp³-hybridized carbons (Fsp3) is 0.417. The van der Waals surface area contributed by atoms with Crippen molar-refractivity contribution in [2.45, 2.75) is 45.3 Å². The molecule has 3 aromatic rings. The molecule has 5 nitrogen and oxygen atoms in total. The third-order valence-corrected chi connectivity index (χ3v) is 5.50. The van der Waals surface area contributed by atoms with Crippen LogP contribution in [0.25, 0.3) is 0 Å². The smallest absolute Gasteiger partial charge is 0.126 e. The van der Waals surface area contributed by atoms with Crippen molar-refractivity contribution in [1.82, 2.24) is 20.1 Å². The Labute approximate surface area is 177 Å². The molecule has 1 aliphatic rings. The topological polar surface area (TPSA) is 54.0 Å². The number of nitrogens with zero attached hydrogens (tertiary/aromatic N) is 3. The minimum Gasteiger partial charge on any atom is -0.369 e. The highest BCUT2D eigenvalue weighted by atomic mass is 19.1. The number of rotatable bonds is 5. The van der Waals surface area contributed by atoms with Crippen molar-refractivity contribution in [2.75, 3.05) is 19.7 Å². The Morgan fingerprint density at radius 1 is 1.13 bits per heavy atom. The van der Waals surface area contributed by atoms with Gasteiger partial charge in [-0.15, -0.1) is 0 Å². The second kappa shape index (κ2) is 8.66. The first kappa shape index (κ1) is 20.7. The van der Waals surface area contributed by atoms with Gasteiger partial charge in [-0.1, -0.05) is 45.0 Å². The molecule has 0 saturated carbocycles. The van der Waals surface area contributed by atoms with E-state index in [1.165, 1.54) is 17.3 Å². The lowest BCUT2D eigenvalue weighted by molar-refractivity contribution is -0.0351. The van der Waals surface area contributed by atoms with Crippen molar-refractivity contribution in [3.63, 3.8) is 0 Å². The summed E-state index contributed by atoms with van der Waals surface area (Å²) in [6, 6.07) is 12.8. The van der Waals surface area contributed by atoms with Crippen molar-refractivity contribution in [3.05, 3.63) is 82.7 Å². The maximum absolute atomic E-state index is 14.0. The number of morpholine rings is 1. The van der Waals surface area contributed by atoms with Crippen LogP contribution in [0.4, 0.5) is 4.39 Å². The molecule has 0 radical (unpaired) electrons. The van der Waals surface area contributed by atoms with E-state index in [0.717, 1.165) is 31.0 Å². The lowest BCUT2D eigenvalue weighted by Crippen LogP contribution is -2.38. The third kappa shape index (κ3) is 4.77. The predicted molar refractivity (Wildman–Crippen MR) is 115 cm³/mol. The number of aromatic nitrogens is 3. The van der Waals surface area contributed by atoms with Crippen LogP contribution in [0.3, 0.4) is 0 Å². The van der Waals surface area contributed by atoms with Crippen LogP contribution in [0.15, 0.2) is 48.7 Å². The molecule has 0 amide bonds. The number of halogens is 1. The minimum atomic E-state index is -0.195. The van der Waals surface area contributed by atoms with E-state index >= 15 is 0 Å². The molecular weight excluding hydrogens is 379 g/mol. The van der Waals surface area contributed by atoms with Crippen molar-refractivity contribution in [1.29, 1.82) is 0 Å². The van der Waals surface area contributed by atoms with Gasteiger partial charge in [0.1, 0.15) is 11.9 Å². The van der Waals surface area contributed by atoms with Gasteiger partial charge in [-0.2, -0.15) is 5.10 Å². The maximum atomic E-state index is 14.0. The molecule has 1 aromatic carbocycles. The molecule has 2 aromatic heterocycles. The zero-order chi connectivity index (χ0) is 21.1. The summed E-state index contributed by atoms with van der Waals surface area (Å²) in [4.78, 5) is 7.17. The highest BCUT2D eigenvalue weighted by Gasteiger charge is 2.26. The van der Waals surface area contributed by atoms with Crippen LogP contribution >= 0.6 is 0 Å². The molecule has 4 rings (SSSR count). The average molecular weight is 409 g/mol. The lowest BCUT2D eigenvalue weighted by Gasteiger charge is -2.33. The van der Waals surface area contributed by atoms with Crippen LogP contribution in [0.2, 0.25) is 0 Å². The van der Waals surface area contributed by atoms with Gasteiger partial charge >= 0.3 is 0 Å². The van der Waals surface area contributed by atoms with Gasteiger partial charge in [0.25, 0.3) is 0 Å². The van der Waals surface area contributed by atoms with E-state index in [0.29, 0.717) is 18.6 Å². The van der Waals surface area contributed by atoms with Gasteiger partial charge in [-0.3, -0.25) is 15.0 Å². The first-order valence-corrected chi connectivity index (χ1v) is 10.5. The van der Waals surface area contributed by atoms with Gasteiger partial charge < -0.3 is 4.74 Å². The second-order valence-electron chi connectivity index (χ2n) is 8.94. The number of pyridine rings is 1. The van der Waals surface area contributed by atoms with E-state index in [-0.39, 0.29) is 17.3 Å². The van der Waals surface area contributed by atoms with Crippen LogP contribution in [-0.4, -0.2) is 39.8 Å². The monoisotopic (exact) mass is 408 g/mol. The number of hydrogen-bond donors (Lipinski definition) is 1. The van der Waals surface area contributed by atoms with Gasteiger partial charge in [0.05, 0.1) is 18.5 Å². The van der Waals surface area contributed by atoms with Crippen LogP contribution < -0.4 is 0 Å². The summed E-state index contributed by atoms with van der Waals surface area (Å²) < 4.78 is 20.0. The Kier molecular flexibility index (Phi) is 5.97. The Morgan fingerprint density at radius 3 is 2.77 bits per heavy atom. The van der Waals surface area contributed by atoms with Crippen LogP contribution in [0.5, 0.6) is 0 Å². The first-order chi connectivity index (χ1) is 14.4. The van der Waals surface area contributed by atoms with Crippen molar-refractivity contribution in [3.8, 4) is 0 Å². The SMILES string of the molecule is CC(C)(C)c1[nH]ncc1CN1CCOC(c2cccc(Cc3ccccc3F)n2)C1. The second-order valence-corrected chi connectivity index (χ2v) is 8.94. The summed E-state index contributed by atoms with van der Waals surface area (Å²) in [6.45, 7) is 9.71. The van der Waals surface area contributed by atoms with Crippen molar-refractivity contribution >= 4 is 0 Å². The Morgan fingerprint density at radius 2 is 1.97 bits per heavy atom. The Hall–Kier alpha value is -2.57. The van der Waals surface area contributed by atoms with E-state index < -0.39 is 0 Å². The largest absolute Gasteiger partial charge is 0.369 e. The Balaban J connectivity index is 1.46. The minimum absolute atomic E-state index is 0.0279. The molecule has 158 valence electrons. The summed E-state index contributed by atoms with van der Waals surface area (Å²) in [5.74, 6) is -0.195. The highest BCUT2D eigenvalue weighted by Crippen LogP contribution is 2.27. The lowest BCUT2D eigenvalue weighted by atomic mass is 9.89. The number of nitrogens with one attached hydrogen (secondary N) is 1. The third-order valence-electron chi connectivity index (χ3n) is 5.50. The molecule has 1 saturated heterocycles. The molecule has 0 aliphatic carbocycles. The van der Waals surface area contributed by atoms with Crippen molar-refractivity contribution in [2.24, 2.45) is 0 Å². The molecular formula is C24H29FN4O. The van der Waals surface area contributed by atoms with E-state index in [1.54, 1.807) is 12.1 Å². The Bertz CT molecular complexity index is 995. The number of H-pyrrole nitrogens is 1. The summed E-state index contributed by atoms with van der Waals surface area (Å²) in [6.07, 6.45) is 2.31. The summed E-state index contributed by atoms with van der Waals surface area (Å²) in [5.41, 5.74) is 4.84. The molecule has 1 N–H and O–H groups in total. The number of benzene rings is 1. The molecule has 0 spiro atoms. The summed E-state index contributed by atoms with van der Waals surface area (Å²) >= 11 is 0. The predicted octanol–water partition coefficient (Wildman–Crippen LogP) is 4.41. The first-order valence-electron chi connectivity index (χ1n) is 10.5. The summed E-state index contributed by atoms with van der Waals surface area (Å²) in [7, 11) is 0. The van der Waals surface area contributed by atoms with Crippen molar-refractivity contribution < 1.29 is 9.13 Å². The molecule has 1 atom stereocenters. The molecule has 1 unspecified atom stereocenters. The normalized spacial score (nSPS) is 17.9. The summed E-state index contributed by atoms with van der Waals surface area (Å²) in [5, 5.41) is 7.43. The van der Waals surface area contributed by atoms with Gasteiger partial charge in [-0.25, -0.2) is 4.39 Å². The molecule has 6 heteroatoms. The maximum Gasteiger partial charge on any atom is 0.126 e. The number of hydrogen-bond acceptors (Lipinski definition) is 4. The molecule has 1 fully saturated rings. The fourth-order valence-corrected chi connectivity index (χ4v) is 3.96. The van der Waals surface area contributed by atoms with E-state index in [1.807, 2.05) is 30.5 Å². The van der Waals surface area contributed by atoms with E-state index in [9.17, 15) is 4.39 Å². The van der Waals surface area contributed by atoms with Gasteiger partial charge in [0, 0.05) is 48.4 Å². The van der Waals surface area contributed by atoms with Gasteiger partial charge in [0.15, 0.2) is 0 Å². The average Bonchev–Trinajstić information content (AvgIpc) is 3.19. The fourth-order valence-electron chi connectivity index (χ4n) is 3.96. The molecule has 3 heterocycles. The van der Waals surface area contributed by atoms with Crippen LogP contribution in [0.1, 0.15) is 55.1 Å². The number of aromatic amines is 1. The number of ether oxygens (including phenoxy) is 1. The zero-order valence-electron chi connectivity index (χ0n) is 17.9. The zero-order valence-corrected chi connectivity index (χ0v) is 17.9. The van der Waals surface area contributed by atoms with Crippen LogP contribution in [-0.2, 0) is 23.1 Å². The molecule has 30 heavy (non-hydrogen) atoms. The van der Waals surface area contributed by atoms with Gasteiger partial charge in [-0.05, 0) is 23.8 Å². The molecule has 0 bridgehead atoms. The van der Waals surface area contributed by atoms with Crippen LogP contribution in [0, 0.1) is 5.82 Å². The molecule has 1 aliphatic heterocycles. The van der Waals surface area contributed by atoms with E-state index in [2.05, 4.69) is 35.9 Å². The van der Waals surface area contributed by atoms with Gasteiger partial charge in [0.2, 0.25) is 0 Å². The standard InChI is InChI=1S/C24H29FN4O/c1-24(2,3)23-18(14-26-28-23)15-29-11-12-30-22(16-29)21-10-6-8-19(27-21)13-17-7-4-5-9-20(17)25/h4-10,14,22H,11-13,15-16H2,1-3H3,(H,26,28). The van der Waals surface area contributed by atoms with E-state index in [4.69, 9.17) is 9.72 Å².